The summed E-state index contributed by atoms with van der Waals surface area (Å²) in [4.78, 5) is 16.4. The van der Waals surface area contributed by atoms with Crippen molar-refractivity contribution in [2.24, 2.45) is 5.92 Å². The van der Waals surface area contributed by atoms with E-state index in [9.17, 15) is 26.4 Å². The van der Waals surface area contributed by atoms with Gasteiger partial charge in [0.1, 0.15) is 5.03 Å². The fourth-order valence-electron chi connectivity index (χ4n) is 3.43. The van der Waals surface area contributed by atoms with Crippen molar-refractivity contribution in [3.05, 3.63) is 48.2 Å². The average molecular weight is 473 g/mol. The van der Waals surface area contributed by atoms with Crippen molar-refractivity contribution in [3.63, 3.8) is 0 Å². The Morgan fingerprint density at radius 2 is 1.87 bits per heavy atom. The van der Waals surface area contributed by atoms with E-state index in [2.05, 4.69) is 10.3 Å². The molecule has 1 aromatic heterocycles. The quantitative estimate of drug-likeness (QED) is 0.562. The largest absolute Gasteiger partial charge is 0.416 e. The van der Waals surface area contributed by atoms with E-state index < -0.39 is 21.6 Å². The molecule has 0 saturated heterocycles. The van der Waals surface area contributed by atoms with Gasteiger partial charge in [-0.2, -0.15) is 13.2 Å². The molecule has 1 aromatic carbocycles. The van der Waals surface area contributed by atoms with Gasteiger partial charge in [0.2, 0.25) is 5.91 Å². The van der Waals surface area contributed by atoms with Crippen molar-refractivity contribution >= 4 is 33.2 Å². The highest BCUT2D eigenvalue weighted by Crippen LogP contribution is 2.32. The van der Waals surface area contributed by atoms with Crippen LogP contribution in [-0.2, 0) is 20.8 Å². The van der Waals surface area contributed by atoms with E-state index in [1.54, 1.807) is 18.3 Å². The second-order valence-corrected chi connectivity index (χ2v) is 10.6. The highest BCUT2D eigenvalue weighted by Gasteiger charge is 2.31. The summed E-state index contributed by atoms with van der Waals surface area (Å²) in [7, 11) is -3.90. The number of hydrogen-bond acceptors (Lipinski definition) is 5. The molecular formula is C21H23F3N2O3S2. The molecule has 0 spiro atoms. The van der Waals surface area contributed by atoms with Crippen LogP contribution in [0.25, 0.3) is 0 Å². The molecule has 0 atom stereocenters. The van der Waals surface area contributed by atoms with E-state index in [0.29, 0.717) is 16.8 Å². The van der Waals surface area contributed by atoms with Gasteiger partial charge < -0.3 is 5.32 Å². The number of nitrogens with one attached hydrogen (secondary N) is 1. The van der Waals surface area contributed by atoms with Crippen molar-refractivity contribution < 1.29 is 26.4 Å². The maximum Gasteiger partial charge on any atom is 0.416 e. The standard InChI is InChI=1S/C21H23F3N2O3S2/c22-21(23,24)16-8-4-9-17(14-16)31(28,29)13-12-30-20-18(10-5-11-25-20)26-19(27)15-6-2-1-3-7-15/h4-5,8-11,14-15H,1-3,6-7,12-13H2,(H,26,27). The molecule has 2 aromatic rings. The van der Waals surface area contributed by atoms with E-state index in [0.717, 1.165) is 62.1 Å². The average Bonchev–Trinajstić information content (AvgIpc) is 2.75. The van der Waals surface area contributed by atoms with Gasteiger partial charge in [-0.3, -0.25) is 4.79 Å². The first-order valence-electron chi connectivity index (χ1n) is 9.95. The van der Waals surface area contributed by atoms with Gasteiger partial charge in [0.15, 0.2) is 9.84 Å². The molecule has 1 fully saturated rings. The predicted molar refractivity (Wildman–Crippen MR) is 114 cm³/mol. The summed E-state index contributed by atoms with van der Waals surface area (Å²) >= 11 is 1.14. The van der Waals surface area contributed by atoms with Crippen LogP contribution in [0.15, 0.2) is 52.5 Å². The topological polar surface area (TPSA) is 76.1 Å². The Balaban J connectivity index is 1.63. The monoisotopic (exact) mass is 472 g/mol. The lowest BCUT2D eigenvalue weighted by Crippen LogP contribution is -2.25. The van der Waals surface area contributed by atoms with E-state index in [4.69, 9.17) is 0 Å². The van der Waals surface area contributed by atoms with Gasteiger partial charge in [-0.05, 0) is 43.2 Å². The molecule has 1 aliphatic carbocycles. The molecule has 1 amide bonds. The predicted octanol–water partition coefficient (Wildman–Crippen LogP) is 5.19. The first-order valence-corrected chi connectivity index (χ1v) is 12.6. The normalized spacial score (nSPS) is 15.6. The number of hydrogen-bond donors (Lipinski definition) is 1. The van der Waals surface area contributed by atoms with Gasteiger partial charge in [0.25, 0.3) is 0 Å². The Bertz CT molecular complexity index is 1020. The molecule has 168 valence electrons. The number of nitrogens with zero attached hydrogens (tertiary/aromatic N) is 1. The van der Waals surface area contributed by atoms with E-state index in [1.807, 2.05) is 0 Å². The van der Waals surface area contributed by atoms with E-state index in [-0.39, 0.29) is 28.2 Å². The Morgan fingerprint density at radius 3 is 2.58 bits per heavy atom. The van der Waals surface area contributed by atoms with Crippen molar-refractivity contribution in [3.8, 4) is 0 Å². The summed E-state index contributed by atoms with van der Waals surface area (Å²) < 4.78 is 63.6. The lowest BCUT2D eigenvalue weighted by Gasteiger charge is -2.21. The second-order valence-electron chi connectivity index (χ2n) is 7.37. The minimum atomic E-state index is -4.61. The van der Waals surface area contributed by atoms with Gasteiger partial charge in [-0.25, -0.2) is 13.4 Å². The van der Waals surface area contributed by atoms with Crippen LogP contribution >= 0.6 is 11.8 Å². The van der Waals surface area contributed by atoms with Crippen LogP contribution in [0.3, 0.4) is 0 Å². The van der Waals surface area contributed by atoms with Crippen LogP contribution in [0.4, 0.5) is 18.9 Å². The number of anilines is 1. The highest BCUT2D eigenvalue weighted by atomic mass is 32.2. The number of thioether (sulfide) groups is 1. The van der Waals surface area contributed by atoms with Crippen LogP contribution in [0, 0.1) is 5.92 Å². The zero-order valence-corrected chi connectivity index (χ0v) is 18.3. The van der Waals surface area contributed by atoms with Crippen molar-refractivity contribution in [2.75, 3.05) is 16.8 Å². The summed E-state index contributed by atoms with van der Waals surface area (Å²) in [6.45, 7) is 0. The molecular weight excluding hydrogens is 449 g/mol. The van der Waals surface area contributed by atoms with Gasteiger partial charge >= 0.3 is 6.18 Å². The number of pyridine rings is 1. The maximum atomic E-state index is 12.9. The number of carbonyl (C=O) groups excluding carboxylic acids is 1. The van der Waals surface area contributed by atoms with Crippen LogP contribution < -0.4 is 5.32 Å². The van der Waals surface area contributed by atoms with E-state index >= 15 is 0 Å². The number of carbonyl (C=O) groups is 1. The molecule has 5 nitrogen and oxygen atoms in total. The lowest BCUT2D eigenvalue weighted by atomic mass is 9.88. The lowest BCUT2D eigenvalue weighted by molar-refractivity contribution is -0.137. The Hall–Kier alpha value is -2.07. The Labute approximate surface area is 183 Å². The first kappa shape index (κ1) is 23.6. The highest BCUT2D eigenvalue weighted by molar-refractivity contribution is 8.00. The number of amides is 1. The summed E-state index contributed by atoms with van der Waals surface area (Å²) in [5.74, 6) is -0.368. The third kappa shape index (κ3) is 6.46. The zero-order valence-electron chi connectivity index (χ0n) is 16.7. The summed E-state index contributed by atoms with van der Waals surface area (Å²) in [6, 6.07) is 7.11. The first-order chi connectivity index (χ1) is 14.7. The third-order valence-electron chi connectivity index (χ3n) is 5.12. The molecule has 0 bridgehead atoms. The molecule has 31 heavy (non-hydrogen) atoms. The number of sulfone groups is 1. The Morgan fingerprint density at radius 1 is 1.13 bits per heavy atom. The van der Waals surface area contributed by atoms with Crippen molar-refractivity contribution in [1.29, 1.82) is 0 Å². The van der Waals surface area contributed by atoms with E-state index in [1.165, 1.54) is 0 Å². The van der Waals surface area contributed by atoms with Crippen LogP contribution in [-0.4, -0.2) is 30.8 Å². The molecule has 10 heteroatoms. The molecule has 1 aliphatic rings. The molecule has 0 aliphatic heterocycles. The number of alkyl halides is 3. The number of rotatable bonds is 7. The summed E-state index contributed by atoms with van der Waals surface area (Å²) in [5, 5.41) is 3.36. The number of benzene rings is 1. The van der Waals surface area contributed by atoms with Gasteiger partial charge in [-0.15, -0.1) is 11.8 Å². The SMILES string of the molecule is O=C(Nc1cccnc1SCCS(=O)(=O)c1cccc(C(F)(F)F)c1)C1CCCCC1. The Kier molecular flexibility index (Phi) is 7.64. The number of aromatic nitrogens is 1. The molecule has 1 saturated carbocycles. The molecule has 0 radical (unpaired) electrons. The van der Waals surface area contributed by atoms with Crippen LogP contribution in [0.5, 0.6) is 0 Å². The summed E-state index contributed by atoms with van der Waals surface area (Å²) in [6.07, 6.45) is 1.82. The van der Waals surface area contributed by atoms with Crippen molar-refractivity contribution in [2.45, 2.75) is 48.2 Å². The second kappa shape index (κ2) is 10.0. The minimum absolute atomic E-state index is 0.0342. The number of halogens is 3. The molecule has 0 unspecified atom stereocenters. The van der Waals surface area contributed by atoms with Gasteiger partial charge in [0.05, 0.1) is 21.9 Å². The molecule has 1 heterocycles. The van der Waals surface area contributed by atoms with Crippen LogP contribution in [0.2, 0.25) is 0 Å². The molecule has 3 rings (SSSR count). The van der Waals surface area contributed by atoms with Crippen molar-refractivity contribution in [1.82, 2.24) is 4.98 Å². The maximum absolute atomic E-state index is 12.9. The van der Waals surface area contributed by atoms with Gasteiger partial charge in [0, 0.05) is 17.9 Å². The van der Waals surface area contributed by atoms with Gasteiger partial charge in [-0.1, -0.05) is 25.3 Å². The minimum Gasteiger partial charge on any atom is -0.324 e. The third-order valence-corrected chi connectivity index (χ3v) is 8.10. The fourth-order valence-corrected chi connectivity index (χ4v) is 6.07. The smallest absolute Gasteiger partial charge is 0.324 e. The zero-order chi connectivity index (χ0) is 22.5. The summed E-state index contributed by atoms with van der Waals surface area (Å²) in [5.41, 5.74) is -0.488. The fraction of sp³-hybridized carbons (Fsp3) is 0.429. The molecule has 1 N–H and O–H groups in total. The van der Waals surface area contributed by atoms with Crippen LogP contribution in [0.1, 0.15) is 37.7 Å².